The number of para-hydroxylation sites is 3. The van der Waals surface area contributed by atoms with Crippen molar-refractivity contribution in [2.45, 2.75) is 0 Å². The predicted molar refractivity (Wildman–Crippen MR) is 200 cm³/mol. The molecule has 0 bridgehead atoms. The molecule has 0 N–H and O–H groups in total. The lowest BCUT2D eigenvalue weighted by Crippen LogP contribution is -2.77. The van der Waals surface area contributed by atoms with E-state index in [1.54, 1.807) is 7.11 Å². The Morgan fingerprint density at radius 1 is 0.447 bits per heavy atom. The molecule has 0 unspecified atom stereocenters. The van der Waals surface area contributed by atoms with Gasteiger partial charge in [0, 0.05) is 40.2 Å². The fraction of sp³-hybridized carbons (Fsp3) is 0.0233. The van der Waals surface area contributed by atoms with E-state index in [9.17, 15) is 0 Å². The first-order valence-corrected chi connectivity index (χ1v) is 18.0. The number of benzene rings is 7. The highest BCUT2D eigenvalue weighted by atomic mass is 28.3. The van der Waals surface area contributed by atoms with Gasteiger partial charge in [-0.05, 0) is 81.4 Å². The van der Waals surface area contributed by atoms with Crippen LogP contribution in [0.3, 0.4) is 0 Å². The third-order valence-electron chi connectivity index (χ3n) is 9.19. The molecular formula is C43H34N2OSi. The van der Waals surface area contributed by atoms with Crippen LogP contribution in [-0.4, -0.2) is 15.2 Å². The van der Waals surface area contributed by atoms with E-state index in [1.807, 2.05) is 6.07 Å². The quantitative estimate of drug-likeness (QED) is 0.166. The lowest BCUT2D eigenvalue weighted by Gasteiger charge is -2.45. The Labute approximate surface area is 277 Å². The van der Waals surface area contributed by atoms with Crippen LogP contribution in [0.4, 0.5) is 34.1 Å². The van der Waals surface area contributed by atoms with Crippen molar-refractivity contribution in [2.75, 3.05) is 16.9 Å². The molecule has 0 saturated heterocycles. The minimum atomic E-state index is -2.85. The lowest BCUT2D eigenvalue weighted by atomic mass is 10.1. The summed E-state index contributed by atoms with van der Waals surface area (Å²) in [5.74, 6) is 0.831. The van der Waals surface area contributed by atoms with E-state index in [0.717, 1.165) is 28.5 Å². The average molecular weight is 623 g/mol. The molecule has 0 spiro atoms. The fourth-order valence-corrected chi connectivity index (χ4v) is 12.3. The third kappa shape index (κ3) is 4.82. The molecule has 0 aromatic heterocycles. The highest BCUT2D eigenvalue weighted by Gasteiger charge is 2.49. The summed E-state index contributed by atoms with van der Waals surface area (Å²) in [4.78, 5) is 4.79. The molecule has 0 atom stereocenters. The van der Waals surface area contributed by atoms with E-state index in [4.69, 9.17) is 4.74 Å². The van der Waals surface area contributed by atoms with Gasteiger partial charge in [-0.3, -0.25) is 0 Å². The standard InChI is InChI=1S/C43H34N2OSi/c1-46-37-22-16-21-35(31-37)45-40-27-14-15-28-42(40)47(38-23-10-4-11-24-38,39-25-12-5-13-26-39)43-32-36(29-30-41(43)45)44(33-17-6-2-7-18-33)34-19-8-3-9-20-34/h2-32H,1H3. The molecule has 226 valence electrons. The monoisotopic (exact) mass is 622 g/mol. The Morgan fingerprint density at radius 3 is 1.57 bits per heavy atom. The Balaban J connectivity index is 1.49. The summed E-state index contributed by atoms with van der Waals surface area (Å²) in [6.45, 7) is 0. The van der Waals surface area contributed by atoms with Gasteiger partial charge in [-0.25, -0.2) is 0 Å². The molecule has 1 aliphatic heterocycles. The van der Waals surface area contributed by atoms with Crippen LogP contribution in [0, 0.1) is 0 Å². The Bertz CT molecular complexity index is 2060. The molecule has 3 nitrogen and oxygen atoms in total. The van der Waals surface area contributed by atoms with Gasteiger partial charge in [0.05, 0.1) is 7.11 Å². The fourth-order valence-electron chi connectivity index (χ4n) is 7.21. The van der Waals surface area contributed by atoms with E-state index >= 15 is 0 Å². The third-order valence-corrected chi connectivity index (χ3v) is 14.0. The zero-order chi connectivity index (χ0) is 31.6. The van der Waals surface area contributed by atoms with E-state index in [1.165, 1.54) is 32.1 Å². The van der Waals surface area contributed by atoms with Gasteiger partial charge in [0.1, 0.15) is 5.75 Å². The average Bonchev–Trinajstić information content (AvgIpc) is 3.15. The van der Waals surface area contributed by atoms with Crippen molar-refractivity contribution in [1.82, 2.24) is 0 Å². The van der Waals surface area contributed by atoms with Crippen molar-refractivity contribution >= 4 is 62.9 Å². The smallest absolute Gasteiger partial charge is 0.184 e. The van der Waals surface area contributed by atoms with Crippen LogP contribution in [0.2, 0.25) is 0 Å². The number of hydrogen-bond acceptors (Lipinski definition) is 3. The maximum atomic E-state index is 5.73. The van der Waals surface area contributed by atoms with Crippen LogP contribution < -0.4 is 35.3 Å². The number of fused-ring (bicyclic) bond motifs is 2. The molecule has 0 aliphatic carbocycles. The summed E-state index contributed by atoms with van der Waals surface area (Å²) in [5, 5.41) is 5.41. The maximum Gasteiger partial charge on any atom is 0.184 e. The zero-order valence-corrected chi connectivity index (χ0v) is 27.2. The first-order chi connectivity index (χ1) is 23.3. The van der Waals surface area contributed by atoms with Gasteiger partial charge < -0.3 is 14.5 Å². The predicted octanol–water partition coefficient (Wildman–Crippen LogP) is 8.33. The molecule has 0 amide bonds. The van der Waals surface area contributed by atoms with Gasteiger partial charge in [-0.1, -0.05) is 121 Å². The second kappa shape index (κ2) is 12.2. The second-order valence-electron chi connectivity index (χ2n) is 11.7. The van der Waals surface area contributed by atoms with Crippen LogP contribution in [0.25, 0.3) is 0 Å². The molecule has 0 saturated carbocycles. The largest absolute Gasteiger partial charge is 0.497 e. The second-order valence-corrected chi connectivity index (χ2v) is 15.5. The molecule has 4 heteroatoms. The minimum absolute atomic E-state index is 0.831. The van der Waals surface area contributed by atoms with Crippen LogP contribution >= 0.6 is 0 Å². The van der Waals surface area contributed by atoms with Crippen molar-refractivity contribution in [3.63, 3.8) is 0 Å². The number of methoxy groups -OCH3 is 1. The summed E-state index contributed by atoms with van der Waals surface area (Å²) in [7, 11) is -1.12. The molecule has 1 heterocycles. The Morgan fingerprint density at radius 2 is 0.979 bits per heavy atom. The van der Waals surface area contributed by atoms with Crippen LogP contribution in [-0.2, 0) is 0 Å². The van der Waals surface area contributed by atoms with Crippen LogP contribution in [0.15, 0.2) is 188 Å². The molecule has 0 radical (unpaired) electrons. The van der Waals surface area contributed by atoms with Gasteiger partial charge in [0.25, 0.3) is 0 Å². The molecule has 0 fully saturated rings. The summed E-state index contributed by atoms with van der Waals surface area (Å²) in [6, 6.07) is 68.1. The Hall–Kier alpha value is -5.84. The first-order valence-electron chi connectivity index (χ1n) is 16.0. The molecule has 7 aromatic rings. The van der Waals surface area contributed by atoms with Gasteiger partial charge in [-0.2, -0.15) is 0 Å². The SMILES string of the molecule is COc1cccc(N2c3ccccc3[Si](c3ccccc3)(c3ccccc3)c3cc(N(c4ccccc4)c4ccccc4)ccc32)c1. The van der Waals surface area contributed by atoms with Crippen molar-refractivity contribution in [3.05, 3.63) is 188 Å². The number of nitrogens with zero attached hydrogens (tertiary/aromatic N) is 2. The van der Waals surface area contributed by atoms with E-state index in [0.29, 0.717) is 0 Å². The van der Waals surface area contributed by atoms with Gasteiger partial charge in [0.2, 0.25) is 0 Å². The normalized spacial score (nSPS) is 12.9. The van der Waals surface area contributed by atoms with E-state index in [-0.39, 0.29) is 0 Å². The summed E-state index contributed by atoms with van der Waals surface area (Å²) in [5.41, 5.74) is 6.80. The van der Waals surface area contributed by atoms with Gasteiger partial charge in [-0.15, -0.1) is 0 Å². The van der Waals surface area contributed by atoms with Crippen molar-refractivity contribution in [1.29, 1.82) is 0 Å². The summed E-state index contributed by atoms with van der Waals surface area (Å²) >= 11 is 0. The first kappa shape index (κ1) is 28.6. The van der Waals surface area contributed by atoms with Crippen LogP contribution in [0.5, 0.6) is 5.75 Å². The van der Waals surface area contributed by atoms with Crippen molar-refractivity contribution < 1.29 is 4.74 Å². The summed E-state index contributed by atoms with van der Waals surface area (Å²) < 4.78 is 5.73. The topological polar surface area (TPSA) is 15.7 Å². The molecule has 8 rings (SSSR count). The Kier molecular flexibility index (Phi) is 7.40. The number of anilines is 6. The molecule has 47 heavy (non-hydrogen) atoms. The molecular weight excluding hydrogens is 589 g/mol. The van der Waals surface area contributed by atoms with E-state index in [2.05, 4.69) is 192 Å². The lowest BCUT2D eigenvalue weighted by molar-refractivity contribution is 0.415. The minimum Gasteiger partial charge on any atom is -0.497 e. The number of ether oxygens (including phenoxy) is 1. The van der Waals surface area contributed by atoms with E-state index < -0.39 is 8.07 Å². The van der Waals surface area contributed by atoms with Crippen LogP contribution in [0.1, 0.15) is 0 Å². The zero-order valence-electron chi connectivity index (χ0n) is 26.2. The highest BCUT2D eigenvalue weighted by Crippen LogP contribution is 2.42. The number of rotatable bonds is 7. The molecule has 1 aliphatic rings. The van der Waals surface area contributed by atoms with Crippen molar-refractivity contribution in [2.24, 2.45) is 0 Å². The van der Waals surface area contributed by atoms with Gasteiger partial charge in [0.15, 0.2) is 8.07 Å². The number of hydrogen-bond donors (Lipinski definition) is 0. The maximum absolute atomic E-state index is 5.73. The molecule has 7 aromatic carbocycles. The van der Waals surface area contributed by atoms with Gasteiger partial charge >= 0.3 is 0 Å². The summed E-state index contributed by atoms with van der Waals surface area (Å²) in [6.07, 6.45) is 0. The highest BCUT2D eigenvalue weighted by molar-refractivity contribution is 7.21. The van der Waals surface area contributed by atoms with Crippen molar-refractivity contribution in [3.8, 4) is 5.75 Å².